The molecule has 8 nitrogen and oxygen atoms in total. The zero-order valence-electron chi connectivity index (χ0n) is 23.0. The number of nitrogens with one attached hydrogen (secondary N) is 2. The van der Waals surface area contributed by atoms with Crippen LogP contribution in [0.4, 0.5) is 5.69 Å². The van der Waals surface area contributed by atoms with Crippen molar-refractivity contribution in [1.29, 1.82) is 0 Å². The second-order valence-electron chi connectivity index (χ2n) is 8.78. The Hall–Kier alpha value is -3.65. The molecule has 0 spiro atoms. The smallest absolute Gasteiger partial charge is 0.273 e. The van der Waals surface area contributed by atoms with Gasteiger partial charge in [-0.2, -0.15) is 5.10 Å². The van der Waals surface area contributed by atoms with Crippen molar-refractivity contribution in [3.63, 3.8) is 0 Å². The molecular formula is C30H40N4O4. The van der Waals surface area contributed by atoms with Gasteiger partial charge in [-0.25, -0.2) is 5.01 Å². The van der Waals surface area contributed by atoms with Gasteiger partial charge < -0.3 is 20.1 Å². The second kappa shape index (κ2) is 14.9. The molecular weight excluding hydrogens is 480 g/mol. The van der Waals surface area contributed by atoms with Crippen LogP contribution in [0.5, 0.6) is 11.5 Å². The Morgan fingerprint density at radius 3 is 2.55 bits per heavy atom. The number of hydrogen-bond donors (Lipinski definition) is 2. The van der Waals surface area contributed by atoms with Crippen LogP contribution in [0.1, 0.15) is 68.8 Å². The average Bonchev–Trinajstić information content (AvgIpc) is 2.94. The van der Waals surface area contributed by atoms with Crippen molar-refractivity contribution >= 4 is 23.2 Å². The molecule has 2 N–H and O–H groups in total. The number of nitrogens with zero attached hydrogens (tertiary/aromatic N) is 2. The number of methoxy groups -OCH3 is 1. The van der Waals surface area contributed by atoms with Crippen molar-refractivity contribution < 1.29 is 19.1 Å². The molecule has 0 saturated heterocycles. The zero-order valence-corrected chi connectivity index (χ0v) is 23.0. The number of anilines is 1. The van der Waals surface area contributed by atoms with E-state index < -0.39 is 0 Å². The molecule has 2 aliphatic heterocycles. The molecule has 0 unspecified atom stereocenters. The van der Waals surface area contributed by atoms with Crippen molar-refractivity contribution in [3.05, 3.63) is 65.2 Å². The number of rotatable bonds is 7. The van der Waals surface area contributed by atoms with E-state index in [1.54, 1.807) is 31.4 Å². The minimum absolute atomic E-state index is 0.0767. The quantitative estimate of drug-likeness (QED) is 0.510. The SMILES string of the molecule is CC.CCOc1cc(C2=NN(C(=O)c3ccc(NC(=O)/C4=C/CCNCCC4)cc3)CCC2)ccc1OC. The molecule has 38 heavy (non-hydrogen) atoms. The maximum absolute atomic E-state index is 13.2. The number of benzene rings is 2. The maximum Gasteiger partial charge on any atom is 0.273 e. The van der Waals surface area contributed by atoms with Gasteiger partial charge in [-0.3, -0.25) is 9.59 Å². The molecule has 0 aliphatic carbocycles. The Labute approximate surface area is 226 Å². The van der Waals surface area contributed by atoms with Crippen LogP contribution >= 0.6 is 0 Å². The number of amides is 2. The third-order valence-corrected chi connectivity index (χ3v) is 6.25. The first kappa shape index (κ1) is 28.9. The highest BCUT2D eigenvalue weighted by atomic mass is 16.5. The van der Waals surface area contributed by atoms with E-state index in [1.165, 1.54) is 5.01 Å². The van der Waals surface area contributed by atoms with Gasteiger partial charge in [0.05, 0.1) is 19.4 Å². The van der Waals surface area contributed by atoms with E-state index in [1.807, 2.05) is 45.0 Å². The predicted octanol–water partition coefficient (Wildman–Crippen LogP) is 5.40. The van der Waals surface area contributed by atoms with Gasteiger partial charge in [-0.15, -0.1) is 0 Å². The summed E-state index contributed by atoms with van der Waals surface area (Å²) < 4.78 is 11.1. The van der Waals surface area contributed by atoms with Crippen molar-refractivity contribution in [2.24, 2.45) is 5.10 Å². The van der Waals surface area contributed by atoms with Gasteiger partial charge in [-0.1, -0.05) is 19.9 Å². The summed E-state index contributed by atoms with van der Waals surface area (Å²) in [5.74, 6) is 1.08. The highest BCUT2D eigenvalue weighted by Gasteiger charge is 2.22. The first-order chi connectivity index (χ1) is 18.6. The highest BCUT2D eigenvalue weighted by Crippen LogP contribution is 2.29. The summed E-state index contributed by atoms with van der Waals surface area (Å²) in [5.41, 5.74) is 3.76. The van der Waals surface area contributed by atoms with E-state index in [0.717, 1.165) is 62.0 Å². The van der Waals surface area contributed by atoms with Gasteiger partial charge in [0.1, 0.15) is 0 Å². The Kier molecular flexibility index (Phi) is 11.4. The van der Waals surface area contributed by atoms with Gasteiger partial charge >= 0.3 is 0 Å². The normalized spacial score (nSPS) is 16.9. The van der Waals surface area contributed by atoms with Crippen LogP contribution in [0.15, 0.2) is 59.2 Å². The second-order valence-corrected chi connectivity index (χ2v) is 8.78. The molecule has 0 saturated carbocycles. The van der Waals surface area contributed by atoms with Gasteiger partial charge in [0.15, 0.2) is 11.5 Å². The average molecular weight is 521 g/mol. The fraction of sp³-hybridized carbons (Fsp3) is 0.433. The first-order valence-electron chi connectivity index (χ1n) is 13.6. The summed E-state index contributed by atoms with van der Waals surface area (Å²) in [5, 5.41) is 12.5. The van der Waals surface area contributed by atoms with Crippen molar-refractivity contribution in [3.8, 4) is 11.5 Å². The summed E-state index contributed by atoms with van der Waals surface area (Å²) in [7, 11) is 1.61. The van der Waals surface area contributed by atoms with E-state index >= 15 is 0 Å². The van der Waals surface area contributed by atoms with E-state index in [9.17, 15) is 9.59 Å². The van der Waals surface area contributed by atoms with Crippen LogP contribution in [0.25, 0.3) is 0 Å². The molecule has 0 atom stereocenters. The molecule has 8 heteroatoms. The lowest BCUT2D eigenvalue weighted by Crippen LogP contribution is -2.32. The van der Waals surface area contributed by atoms with Crippen LogP contribution in [0.2, 0.25) is 0 Å². The summed E-state index contributed by atoms with van der Waals surface area (Å²) in [4.78, 5) is 25.8. The molecule has 0 aromatic heterocycles. The van der Waals surface area contributed by atoms with E-state index in [0.29, 0.717) is 35.9 Å². The molecule has 2 amide bonds. The van der Waals surface area contributed by atoms with Gasteiger partial charge in [0, 0.05) is 28.9 Å². The molecule has 0 bridgehead atoms. The van der Waals surface area contributed by atoms with E-state index in [2.05, 4.69) is 15.7 Å². The summed E-state index contributed by atoms with van der Waals surface area (Å²) >= 11 is 0. The summed E-state index contributed by atoms with van der Waals surface area (Å²) in [6.45, 7) is 8.82. The lowest BCUT2D eigenvalue weighted by molar-refractivity contribution is -0.113. The fourth-order valence-corrected chi connectivity index (χ4v) is 4.36. The highest BCUT2D eigenvalue weighted by molar-refractivity contribution is 6.05. The lowest BCUT2D eigenvalue weighted by Gasteiger charge is -2.24. The summed E-state index contributed by atoms with van der Waals surface area (Å²) in [6.07, 6.45) is 6.14. The van der Waals surface area contributed by atoms with Crippen molar-refractivity contribution in [2.75, 3.05) is 38.7 Å². The minimum atomic E-state index is -0.168. The largest absolute Gasteiger partial charge is 0.493 e. The molecule has 2 aromatic carbocycles. The number of hydrazone groups is 1. The number of hydrogen-bond acceptors (Lipinski definition) is 6. The zero-order chi connectivity index (χ0) is 27.3. The summed E-state index contributed by atoms with van der Waals surface area (Å²) in [6, 6.07) is 12.7. The molecule has 204 valence electrons. The third kappa shape index (κ3) is 7.68. The number of carbonyl (C=O) groups excluding carboxylic acids is 2. The van der Waals surface area contributed by atoms with Crippen LogP contribution in [-0.4, -0.2) is 55.9 Å². The Balaban J connectivity index is 0.00000195. The molecule has 4 rings (SSSR count). The van der Waals surface area contributed by atoms with Crippen LogP contribution in [0.3, 0.4) is 0 Å². The molecule has 0 radical (unpaired) electrons. The van der Waals surface area contributed by atoms with E-state index in [-0.39, 0.29) is 11.8 Å². The third-order valence-electron chi connectivity index (χ3n) is 6.25. The first-order valence-corrected chi connectivity index (χ1v) is 13.6. The lowest BCUT2D eigenvalue weighted by atomic mass is 10.0. The van der Waals surface area contributed by atoms with Crippen molar-refractivity contribution in [1.82, 2.24) is 10.3 Å². The molecule has 2 aromatic rings. The molecule has 2 aliphatic rings. The van der Waals surface area contributed by atoms with Gasteiger partial charge in [0.2, 0.25) is 0 Å². The fourth-order valence-electron chi connectivity index (χ4n) is 4.36. The van der Waals surface area contributed by atoms with E-state index in [4.69, 9.17) is 9.47 Å². The molecule has 2 heterocycles. The van der Waals surface area contributed by atoms with Gasteiger partial charge in [0.25, 0.3) is 11.8 Å². The minimum Gasteiger partial charge on any atom is -0.493 e. The molecule has 0 fully saturated rings. The Morgan fingerprint density at radius 1 is 1.03 bits per heavy atom. The van der Waals surface area contributed by atoms with Gasteiger partial charge in [-0.05, 0) is 94.6 Å². The topological polar surface area (TPSA) is 92.3 Å². The Bertz CT molecular complexity index is 1140. The standard InChI is InChI=1S/C28H34N4O4.C2H6/c1-3-36-26-19-22(12-15-25(26)35-2)24-9-6-18-32(31-24)28(34)21-10-13-23(14-11-21)30-27(33)20-7-4-16-29-17-5-8-20;1-2/h7,10-15,19,29H,3-6,8-9,16-18H2,1-2H3,(H,30,33);1-2H3/b20-7+;. The monoisotopic (exact) mass is 520 g/mol. The van der Waals surface area contributed by atoms with Crippen molar-refractivity contribution in [2.45, 2.75) is 52.9 Å². The predicted molar refractivity (Wildman–Crippen MR) is 152 cm³/mol. The van der Waals surface area contributed by atoms with Crippen LogP contribution < -0.4 is 20.1 Å². The maximum atomic E-state index is 13.2. The van der Waals surface area contributed by atoms with Crippen LogP contribution in [0, 0.1) is 0 Å². The number of ether oxygens (including phenoxy) is 2. The Morgan fingerprint density at radius 2 is 1.82 bits per heavy atom. The van der Waals surface area contributed by atoms with Crippen LogP contribution in [-0.2, 0) is 4.79 Å². The number of carbonyl (C=O) groups is 2.